The van der Waals surface area contributed by atoms with Crippen LogP contribution in [0.2, 0.25) is 5.02 Å². The zero-order valence-corrected chi connectivity index (χ0v) is 32.1. The molecule has 5 aromatic rings. The summed E-state index contributed by atoms with van der Waals surface area (Å²) in [6.07, 6.45) is 5.80. The highest BCUT2D eigenvalue weighted by molar-refractivity contribution is 6.32. The highest BCUT2D eigenvalue weighted by Crippen LogP contribution is 2.34. The number of carbonyl (C=O) groups is 1. The first kappa shape index (κ1) is 38.5. The molecule has 0 spiro atoms. The average Bonchev–Trinajstić information content (AvgIpc) is 3.17. The summed E-state index contributed by atoms with van der Waals surface area (Å²) in [5, 5.41) is 0.410. The number of aryl methyl sites for hydroxylation is 2. The Kier molecular flexibility index (Phi) is 13.0. The summed E-state index contributed by atoms with van der Waals surface area (Å²) >= 11 is 6.62. The van der Waals surface area contributed by atoms with Gasteiger partial charge in [-0.3, -0.25) is 9.69 Å². The molecule has 0 bridgehead atoms. The molecule has 280 valence electrons. The summed E-state index contributed by atoms with van der Waals surface area (Å²) in [4.78, 5) is 21.7. The third-order valence-electron chi connectivity index (χ3n) is 9.55. The van der Waals surface area contributed by atoms with Gasteiger partial charge < -0.3 is 19.1 Å². The minimum atomic E-state index is -0.261. The van der Waals surface area contributed by atoms with Gasteiger partial charge in [-0.2, -0.15) is 0 Å². The average molecular weight is 748 g/mol. The Bertz CT molecular complexity index is 2020. The number of carbonyl (C=O) groups excluding carboxylic acids is 1. The number of pyridine rings is 1. The number of benzene rings is 4. The zero-order valence-electron chi connectivity index (χ0n) is 31.4. The van der Waals surface area contributed by atoms with Gasteiger partial charge in [0.2, 0.25) is 11.8 Å². The highest BCUT2D eigenvalue weighted by Gasteiger charge is 2.20. The maximum atomic E-state index is 13.8. The van der Waals surface area contributed by atoms with Gasteiger partial charge in [-0.05, 0) is 101 Å². The lowest BCUT2D eigenvalue weighted by Crippen LogP contribution is -2.47. The Morgan fingerprint density at radius 1 is 0.833 bits per heavy atom. The molecule has 7 nitrogen and oxygen atoms in total. The van der Waals surface area contributed by atoms with Gasteiger partial charge in [-0.15, -0.1) is 0 Å². The van der Waals surface area contributed by atoms with Crippen molar-refractivity contribution in [2.45, 2.75) is 53.2 Å². The number of aromatic nitrogens is 1. The predicted octanol–water partition coefficient (Wildman–Crippen LogP) is 9.96. The minimum Gasteiger partial charge on any atom is -0.493 e. The first-order chi connectivity index (χ1) is 26.1. The number of ether oxygens (including phenoxy) is 3. The molecule has 4 aromatic carbocycles. The fraction of sp³-hybridized carbons (Fsp3) is 0.289. The van der Waals surface area contributed by atoms with Gasteiger partial charge in [0, 0.05) is 51.3 Å². The number of halogens is 2. The summed E-state index contributed by atoms with van der Waals surface area (Å²) in [6.45, 7) is 12.7. The van der Waals surface area contributed by atoms with Crippen molar-refractivity contribution in [2.75, 3.05) is 32.8 Å². The Morgan fingerprint density at radius 3 is 2.20 bits per heavy atom. The number of hydrogen-bond donors (Lipinski definition) is 0. The quantitative estimate of drug-likeness (QED) is 0.105. The molecule has 0 unspecified atom stereocenters. The van der Waals surface area contributed by atoms with Crippen molar-refractivity contribution < 1.29 is 23.4 Å². The largest absolute Gasteiger partial charge is 0.493 e. The summed E-state index contributed by atoms with van der Waals surface area (Å²) < 4.78 is 31.5. The number of hydrogen-bond acceptors (Lipinski definition) is 6. The molecule has 1 saturated heterocycles. The van der Waals surface area contributed by atoms with Crippen LogP contribution in [0.5, 0.6) is 23.1 Å². The highest BCUT2D eigenvalue weighted by atomic mass is 35.5. The van der Waals surface area contributed by atoms with Crippen LogP contribution in [-0.2, 0) is 24.4 Å². The monoisotopic (exact) mass is 747 g/mol. The van der Waals surface area contributed by atoms with Crippen molar-refractivity contribution in [3.8, 4) is 23.1 Å². The van der Waals surface area contributed by atoms with Gasteiger partial charge in [-0.1, -0.05) is 74.0 Å². The van der Waals surface area contributed by atoms with Crippen LogP contribution < -0.4 is 14.2 Å². The fourth-order valence-electron chi connectivity index (χ4n) is 6.20. The third-order valence-corrected chi connectivity index (χ3v) is 9.83. The minimum absolute atomic E-state index is 0.0230. The molecule has 0 aliphatic carbocycles. The molecule has 1 amide bonds. The molecule has 1 fully saturated rings. The van der Waals surface area contributed by atoms with Crippen LogP contribution in [-0.4, -0.2) is 53.5 Å². The summed E-state index contributed by atoms with van der Waals surface area (Å²) in [5.41, 5.74) is 6.76. The van der Waals surface area contributed by atoms with Crippen LogP contribution in [0.25, 0.3) is 6.08 Å². The predicted molar refractivity (Wildman–Crippen MR) is 213 cm³/mol. The molecular formula is C45H47ClFN3O4. The molecule has 0 atom stereocenters. The standard InChI is InChI=1S/C45H47ClFN3O4/c1-31(2)38-12-14-39(15-13-38)52-24-19-34-7-9-35(10-8-34)29-49-20-22-50(23-21-49)44(51)18-11-36-25-33(4)45(41(46)26-36)54-43-17-16-40(28-48-43)53-30-37-6-5-32(3)42(47)27-37/h5-18,25-28,31H,19-24,29-30H2,1-4H3/b18-11+. The van der Waals surface area contributed by atoms with Crippen molar-refractivity contribution in [2.24, 2.45) is 0 Å². The van der Waals surface area contributed by atoms with E-state index in [-0.39, 0.29) is 18.3 Å². The van der Waals surface area contributed by atoms with E-state index in [0.717, 1.165) is 48.5 Å². The molecule has 9 heteroatoms. The van der Waals surface area contributed by atoms with E-state index in [1.54, 1.807) is 49.5 Å². The first-order valence-corrected chi connectivity index (χ1v) is 18.8. The molecule has 2 heterocycles. The van der Waals surface area contributed by atoms with Crippen molar-refractivity contribution in [3.63, 3.8) is 0 Å². The topological polar surface area (TPSA) is 64.1 Å². The summed E-state index contributed by atoms with van der Waals surface area (Å²) in [6, 6.07) is 29.3. The molecule has 6 rings (SSSR count). The Labute approximate surface area is 323 Å². The molecule has 0 saturated carbocycles. The molecule has 0 N–H and O–H groups in total. The maximum Gasteiger partial charge on any atom is 0.246 e. The van der Waals surface area contributed by atoms with Crippen LogP contribution in [0.4, 0.5) is 4.39 Å². The molecule has 1 aliphatic rings. The lowest BCUT2D eigenvalue weighted by molar-refractivity contribution is -0.127. The number of piperazine rings is 1. The van der Waals surface area contributed by atoms with Crippen LogP contribution in [0.3, 0.4) is 0 Å². The van der Waals surface area contributed by atoms with Gasteiger partial charge in [-0.25, -0.2) is 9.37 Å². The van der Waals surface area contributed by atoms with E-state index < -0.39 is 0 Å². The van der Waals surface area contributed by atoms with E-state index in [2.05, 4.69) is 60.1 Å². The van der Waals surface area contributed by atoms with Crippen LogP contribution in [0, 0.1) is 19.7 Å². The van der Waals surface area contributed by atoms with E-state index in [0.29, 0.717) is 53.6 Å². The zero-order chi connectivity index (χ0) is 38.0. The molecule has 1 aliphatic heterocycles. The van der Waals surface area contributed by atoms with Crippen molar-refractivity contribution >= 4 is 23.6 Å². The van der Waals surface area contributed by atoms with Crippen molar-refractivity contribution in [1.29, 1.82) is 0 Å². The van der Waals surface area contributed by atoms with Crippen LogP contribution in [0.15, 0.2) is 103 Å². The van der Waals surface area contributed by atoms with Gasteiger partial charge in [0.25, 0.3) is 0 Å². The molecular weight excluding hydrogens is 701 g/mol. The van der Waals surface area contributed by atoms with E-state index in [1.807, 2.05) is 36.1 Å². The Morgan fingerprint density at radius 2 is 1.54 bits per heavy atom. The van der Waals surface area contributed by atoms with E-state index in [9.17, 15) is 9.18 Å². The lowest BCUT2D eigenvalue weighted by atomic mass is 10.0. The van der Waals surface area contributed by atoms with Gasteiger partial charge in [0.1, 0.15) is 23.9 Å². The summed E-state index contributed by atoms with van der Waals surface area (Å²) in [5.74, 6) is 2.51. The van der Waals surface area contributed by atoms with Gasteiger partial charge in [0.15, 0.2) is 5.75 Å². The van der Waals surface area contributed by atoms with Gasteiger partial charge in [0.05, 0.1) is 17.8 Å². The second-order valence-electron chi connectivity index (χ2n) is 14.0. The second-order valence-corrected chi connectivity index (χ2v) is 14.4. The van der Waals surface area contributed by atoms with Gasteiger partial charge >= 0.3 is 0 Å². The van der Waals surface area contributed by atoms with Crippen LogP contribution in [0.1, 0.15) is 58.7 Å². The smallest absolute Gasteiger partial charge is 0.246 e. The van der Waals surface area contributed by atoms with E-state index >= 15 is 0 Å². The number of rotatable bonds is 14. The molecule has 1 aromatic heterocycles. The SMILES string of the molecule is Cc1ccc(COc2ccc(Oc3c(C)cc(/C=C/C(=O)N4CCN(Cc5ccc(CCOc6ccc(C(C)C)cc6)cc5)CC4)cc3Cl)nc2)cc1F. The third kappa shape index (κ3) is 10.7. The fourth-order valence-corrected chi connectivity index (χ4v) is 6.51. The molecule has 54 heavy (non-hydrogen) atoms. The Balaban J connectivity index is 0.924. The summed E-state index contributed by atoms with van der Waals surface area (Å²) in [7, 11) is 0. The Hall–Kier alpha value is -5.18. The first-order valence-electron chi connectivity index (χ1n) is 18.4. The van der Waals surface area contributed by atoms with Crippen molar-refractivity contribution in [3.05, 3.63) is 153 Å². The number of nitrogens with zero attached hydrogens (tertiary/aromatic N) is 3. The molecule has 0 radical (unpaired) electrons. The second kappa shape index (κ2) is 18.2. The van der Waals surface area contributed by atoms with Crippen LogP contribution >= 0.6 is 11.6 Å². The van der Waals surface area contributed by atoms with E-state index in [1.165, 1.54) is 22.8 Å². The maximum absolute atomic E-state index is 13.8. The normalized spacial score (nSPS) is 13.4. The number of amides is 1. The lowest BCUT2D eigenvalue weighted by Gasteiger charge is -2.34. The van der Waals surface area contributed by atoms with E-state index in [4.69, 9.17) is 25.8 Å². The van der Waals surface area contributed by atoms with Crippen molar-refractivity contribution in [1.82, 2.24) is 14.8 Å².